The van der Waals surface area contributed by atoms with Crippen molar-refractivity contribution >= 4 is 22.2 Å². The number of hydrazine groups is 1. The Bertz CT molecular complexity index is 376. The Hall–Kier alpha value is -1.11. The van der Waals surface area contributed by atoms with Crippen LogP contribution in [0.2, 0.25) is 0 Å². The van der Waals surface area contributed by atoms with E-state index >= 15 is 0 Å². The van der Waals surface area contributed by atoms with Crippen molar-refractivity contribution in [3.05, 3.63) is 16.0 Å². The molecule has 1 heterocycles. The van der Waals surface area contributed by atoms with Crippen LogP contribution in [0.3, 0.4) is 0 Å². The number of anilines is 1. The third-order valence-corrected chi connectivity index (χ3v) is 3.68. The molecule has 1 aromatic heterocycles. The normalized spacial score (nSPS) is 12.6. The van der Waals surface area contributed by atoms with Gasteiger partial charge in [0.25, 0.3) is 5.91 Å². The largest absolute Gasteiger partial charge is 0.390 e. The smallest absolute Gasteiger partial charge is 0.268 e. The third kappa shape index (κ3) is 3.18. The summed E-state index contributed by atoms with van der Waals surface area (Å²) in [4.78, 5) is 12.7. The predicted octanol–water partition coefficient (Wildman–Crippen LogP) is 2.00. The minimum atomic E-state index is -0.262. The number of aryl methyl sites for hydroxylation is 1. The van der Waals surface area contributed by atoms with E-state index in [0.29, 0.717) is 10.6 Å². The first kappa shape index (κ1) is 15.9. The second-order valence-electron chi connectivity index (χ2n) is 3.42. The molecule has 1 aromatic rings. The summed E-state index contributed by atoms with van der Waals surface area (Å²) >= 11 is 1.52. The van der Waals surface area contributed by atoms with Crippen molar-refractivity contribution in [2.45, 2.75) is 39.5 Å². The number of thiophene rings is 1. The minimum absolute atomic E-state index is 0. The van der Waals surface area contributed by atoms with Crippen LogP contribution < -0.4 is 23.2 Å². The highest BCUT2D eigenvalue weighted by molar-refractivity contribution is 7.16. The lowest BCUT2D eigenvalue weighted by Crippen LogP contribution is -2.31. The molecule has 1 amide bonds. The van der Waals surface area contributed by atoms with Gasteiger partial charge in [-0.25, -0.2) is 5.84 Å². The summed E-state index contributed by atoms with van der Waals surface area (Å²) in [6, 6.07) is 0. The van der Waals surface area contributed by atoms with Crippen LogP contribution in [0.5, 0.6) is 0 Å². The number of nitrogens with one attached hydrogen (secondary N) is 1. The summed E-state index contributed by atoms with van der Waals surface area (Å²) in [5.41, 5.74) is 9.66. The summed E-state index contributed by atoms with van der Waals surface area (Å²) in [5, 5.41) is 0.597. The Morgan fingerprint density at radius 2 is 1.88 bits per heavy atom. The molecule has 5 nitrogen and oxygen atoms in total. The highest BCUT2D eigenvalue weighted by Gasteiger charge is 2.23. The number of hydrogen-bond donors (Lipinski definition) is 4. The van der Waals surface area contributed by atoms with Crippen LogP contribution in [0.25, 0.3) is 0 Å². The number of nitrogens with two attached hydrogens (primary N) is 2. The third-order valence-electron chi connectivity index (χ3n) is 2.56. The molecule has 2 rings (SSSR count). The summed E-state index contributed by atoms with van der Waals surface area (Å²) in [5.74, 6) is 4.85. The van der Waals surface area contributed by atoms with Gasteiger partial charge in [-0.05, 0) is 31.2 Å². The summed E-state index contributed by atoms with van der Waals surface area (Å²) in [7, 11) is 0. The SMILES string of the molecule is CC.N.NNC(=O)c1c(N)sc2c1CCCC2. The highest BCUT2D eigenvalue weighted by Crippen LogP contribution is 2.35. The van der Waals surface area contributed by atoms with E-state index in [2.05, 4.69) is 5.43 Å². The zero-order chi connectivity index (χ0) is 12.1. The predicted molar refractivity (Wildman–Crippen MR) is 73.4 cm³/mol. The lowest BCUT2D eigenvalue weighted by molar-refractivity contribution is 0.0954. The molecule has 0 saturated heterocycles. The van der Waals surface area contributed by atoms with Gasteiger partial charge in [-0.2, -0.15) is 0 Å². The maximum absolute atomic E-state index is 11.5. The fourth-order valence-electron chi connectivity index (χ4n) is 1.91. The van der Waals surface area contributed by atoms with Crippen LogP contribution >= 0.6 is 11.3 Å². The van der Waals surface area contributed by atoms with Gasteiger partial charge in [-0.15, -0.1) is 11.3 Å². The molecular formula is C11H22N4OS. The molecule has 0 fully saturated rings. The lowest BCUT2D eigenvalue weighted by Gasteiger charge is -2.11. The highest BCUT2D eigenvalue weighted by atomic mass is 32.1. The molecule has 8 N–H and O–H groups in total. The van der Waals surface area contributed by atoms with Gasteiger partial charge in [0.05, 0.1) is 10.6 Å². The number of carbonyl (C=O) groups excluding carboxylic acids is 1. The van der Waals surface area contributed by atoms with E-state index in [1.807, 2.05) is 13.8 Å². The molecule has 1 aliphatic rings. The van der Waals surface area contributed by atoms with Gasteiger partial charge in [0.2, 0.25) is 0 Å². The van der Waals surface area contributed by atoms with Crippen LogP contribution in [-0.2, 0) is 12.8 Å². The number of nitrogen functional groups attached to an aromatic ring is 2. The quantitative estimate of drug-likeness (QED) is 0.350. The number of hydrogen-bond acceptors (Lipinski definition) is 5. The summed E-state index contributed by atoms with van der Waals surface area (Å²) in [6.45, 7) is 4.00. The Balaban J connectivity index is 0.000000811. The van der Waals surface area contributed by atoms with E-state index in [-0.39, 0.29) is 12.1 Å². The Morgan fingerprint density at radius 3 is 2.47 bits per heavy atom. The second kappa shape index (κ2) is 7.26. The van der Waals surface area contributed by atoms with E-state index in [1.165, 1.54) is 22.6 Å². The zero-order valence-corrected chi connectivity index (χ0v) is 11.3. The van der Waals surface area contributed by atoms with Crippen molar-refractivity contribution in [3.63, 3.8) is 0 Å². The fourth-order valence-corrected chi connectivity index (χ4v) is 3.07. The molecule has 98 valence electrons. The van der Waals surface area contributed by atoms with Crippen LogP contribution in [0, 0.1) is 0 Å². The first-order valence-electron chi connectivity index (χ1n) is 5.65. The molecular weight excluding hydrogens is 236 g/mol. The Morgan fingerprint density at radius 1 is 1.29 bits per heavy atom. The monoisotopic (exact) mass is 258 g/mol. The average Bonchev–Trinajstić information content (AvgIpc) is 2.66. The van der Waals surface area contributed by atoms with Gasteiger partial charge in [0.1, 0.15) is 0 Å². The van der Waals surface area contributed by atoms with Crippen LogP contribution in [0.4, 0.5) is 5.00 Å². The molecule has 0 aliphatic heterocycles. The molecule has 17 heavy (non-hydrogen) atoms. The van der Waals surface area contributed by atoms with Crippen molar-refractivity contribution in [2.24, 2.45) is 5.84 Å². The van der Waals surface area contributed by atoms with Crippen molar-refractivity contribution < 1.29 is 4.79 Å². The van der Waals surface area contributed by atoms with E-state index in [0.717, 1.165) is 24.8 Å². The number of amides is 1. The molecule has 1 aliphatic carbocycles. The Labute approximate surface area is 106 Å². The van der Waals surface area contributed by atoms with Gasteiger partial charge in [0.15, 0.2) is 0 Å². The van der Waals surface area contributed by atoms with Gasteiger partial charge >= 0.3 is 0 Å². The Kier molecular flexibility index (Phi) is 6.79. The molecule has 0 saturated carbocycles. The van der Waals surface area contributed by atoms with Gasteiger partial charge in [-0.1, -0.05) is 13.8 Å². The van der Waals surface area contributed by atoms with Crippen LogP contribution in [0.15, 0.2) is 0 Å². The lowest BCUT2D eigenvalue weighted by atomic mass is 9.95. The minimum Gasteiger partial charge on any atom is -0.390 e. The van der Waals surface area contributed by atoms with Gasteiger partial charge in [0, 0.05) is 4.88 Å². The molecule has 0 atom stereocenters. The van der Waals surface area contributed by atoms with Gasteiger partial charge < -0.3 is 11.9 Å². The van der Waals surface area contributed by atoms with Crippen molar-refractivity contribution in [1.29, 1.82) is 0 Å². The topological polar surface area (TPSA) is 116 Å². The second-order valence-corrected chi connectivity index (χ2v) is 4.56. The fraction of sp³-hybridized carbons (Fsp3) is 0.545. The van der Waals surface area contributed by atoms with Crippen LogP contribution in [-0.4, -0.2) is 5.91 Å². The van der Waals surface area contributed by atoms with Crippen LogP contribution in [0.1, 0.15) is 47.5 Å². The standard InChI is InChI=1S/C9H13N3OS.C2H6.H3N/c10-8-7(9(13)12-11)5-3-1-2-4-6(5)14-8;1-2;/h1-4,10-11H2,(H,12,13);1-2H3;1H3. The zero-order valence-electron chi connectivity index (χ0n) is 10.5. The van der Waals surface area contributed by atoms with Crippen molar-refractivity contribution in [2.75, 3.05) is 5.73 Å². The van der Waals surface area contributed by atoms with Crippen molar-refractivity contribution in [1.82, 2.24) is 11.6 Å². The number of rotatable bonds is 1. The first-order valence-corrected chi connectivity index (χ1v) is 6.46. The van der Waals surface area contributed by atoms with Crippen molar-refractivity contribution in [3.8, 4) is 0 Å². The molecule has 0 spiro atoms. The van der Waals surface area contributed by atoms with Gasteiger partial charge in [-0.3, -0.25) is 10.2 Å². The molecule has 0 radical (unpaired) electrons. The average molecular weight is 258 g/mol. The number of fused-ring (bicyclic) bond motifs is 1. The maximum atomic E-state index is 11.5. The molecule has 0 unspecified atom stereocenters. The van der Waals surface area contributed by atoms with E-state index in [4.69, 9.17) is 11.6 Å². The van der Waals surface area contributed by atoms with E-state index in [9.17, 15) is 4.79 Å². The number of carbonyl (C=O) groups is 1. The maximum Gasteiger partial charge on any atom is 0.268 e. The summed E-state index contributed by atoms with van der Waals surface area (Å²) in [6.07, 6.45) is 4.32. The van der Waals surface area contributed by atoms with E-state index in [1.54, 1.807) is 0 Å². The molecule has 0 bridgehead atoms. The van der Waals surface area contributed by atoms with E-state index < -0.39 is 0 Å². The first-order chi connectivity index (χ1) is 7.74. The molecule has 6 heteroatoms. The summed E-state index contributed by atoms with van der Waals surface area (Å²) < 4.78 is 0. The molecule has 0 aromatic carbocycles.